The van der Waals surface area contributed by atoms with E-state index in [0.717, 1.165) is 11.4 Å². The third-order valence-corrected chi connectivity index (χ3v) is 6.46. The fourth-order valence-electron chi connectivity index (χ4n) is 4.70. The lowest BCUT2D eigenvalue weighted by atomic mass is 9.95. The number of para-hydroxylation sites is 1. The van der Waals surface area contributed by atoms with Crippen molar-refractivity contribution in [2.75, 3.05) is 18.0 Å². The van der Waals surface area contributed by atoms with Gasteiger partial charge in [0.25, 0.3) is 5.56 Å². The fraction of sp³-hybridized carbons (Fsp3) is 0.407. The zero-order chi connectivity index (χ0) is 24.9. The van der Waals surface area contributed by atoms with Crippen molar-refractivity contribution in [3.63, 3.8) is 0 Å². The maximum atomic E-state index is 13.5. The van der Waals surface area contributed by atoms with Crippen LogP contribution in [0.1, 0.15) is 38.1 Å². The molecule has 3 aromatic rings. The smallest absolute Gasteiger partial charge is 0.335 e. The molecule has 8 nitrogen and oxygen atoms in total. The van der Waals surface area contributed by atoms with Gasteiger partial charge < -0.3 is 10.2 Å². The minimum atomic E-state index is -0.320. The van der Waals surface area contributed by atoms with Crippen LogP contribution in [0, 0.1) is 18.8 Å². The minimum Gasteiger partial charge on any atom is -0.366 e. The van der Waals surface area contributed by atoms with Crippen molar-refractivity contribution in [3.05, 3.63) is 87.0 Å². The van der Waals surface area contributed by atoms with Gasteiger partial charge in [-0.25, -0.2) is 4.79 Å². The number of aromatic nitrogens is 3. The van der Waals surface area contributed by atoms with Crippen LogP contribution in [0.15, 0.2) is 64.3 Å². The Morgan fingerprint density at radius 2 is 1.74 bits per heavy atom. The van der Waals surface area contributed by atoms with E-state index in [4.69, 9.17) is 0 Å². The molecule has 35 heavy (non-hydrogen) atoms. The molecule has 1 amide bonds. The van der Waals surface area contributed by atoms with E-state index in [0.29, 0.717) is 50.4 Å². The van der Waals surface area contributed by atoms with E-state index in [-0.39, 0.29) is 29.0 Å². The van der Waals surface area contributed by atoms with Gasteiger partial charge in [0.15, 0.2) is 0 Å². The van der Waals surface area contributed by atoms with Crippen LogP contribution >= 0.6 is 0 Å². The summed E-state index contributed by atoms with van der Waals surface area (Å²) in [5.41, 5.74) is 2.15. The first-order chi connectivity index (χ1) is 16.9. The summed E-state index contributed by atoms with van der Waals surface area (Å²) in [6.07, 6.45) is 2.99. The van der Waals surface area contributed by atoms with E-state index >= 15 is 0 Å². The summed E-state index contributed by atoms with van der Waals surface area (Å²) in [4.78, 5) is 45.9. The summed E-state index contributed by atoms with van der Waals surface area (Å²) in [7, 11) is 0. The van der Waals surface area contributed by atoms with Crippen molar-refractivity contribution in [3.8, 4) is 5.69 Å². The highest BCUT2D eigenvalue weighted by Gasteiger charge is 2.29. The van der Waals surface area contributed by atoms with E-state index in [2.05, 4.69) is 10.3 Å². The largest absolute Gasteiger partial charge is 0.366 e. The van der Waals surface area contributed by atoms with Gasteiger partial charge in [0.05, 0.1) is 23.6 Å². The van der Waals surface area contributed by atoms with E-state index in [1.165, 1.54) is 4.57 Å². The summed E-state index contributed by atoms with van der Waals surface area (Å²) in [5, 5.41) is 2.98. The number of nitrogens with one attached hydrogen (secondary N) is 1. The topological polar surface area (TPSA) is 89.2 Å². The van der Waals surface area contributed by atoms with Crippen LogP contribution < -0.4 is 21.5 Å². The number of hydrogen-bond acceptors (Lipinski definition) is 5. The Kier molecular flexibility index (Phi) is 7.48. The lowest BCUT2D eigenvalue weighted by Crippen LogP contribution is -2.47. The van der Waals surface area contributed by atoms with E-state index < -0.39 is 0 Å². The molecule has 0 saturated carbocycles. The standard InChI is InChI=1S/C27H33N5O3/c1-19(2)18-31-26(34)24(20(3)32(27(31)35)23-10-5-4-6-11-23)30-15-12-21(13-16-30)25(33)29-17-22-9-7-8-14-28-22/h4-11,14,19,21H,12-13,15-18H2,1-3H3,(H,29,33). The second-order valence-corrected chi connectivity index (χ2v) is 9.50. The Morgan fingerprint density at radius 3 is 2.37 bits per heavy atom. The van der Waals surface area contributed by atoms with E-state index in [1.54, 1.807) is 10.8 Å². The number of anilines is 1. The highest BCUT2D eigenvalue weighted by Crippen LogP contribution is 2.24. The molecule has 0 aliphatic carbocycles. The second-order valence-electron chi connectivity index (χ2n) is 9.50. The minimum absolute atomic E-state index is 0.0125. The Bertz CT molecular complexity index is 1270. The lowest BCUT2D eigenvalue weighted by molar-refractivity contribution is -0.125. The molecule has 0 spiro atoms. The molecule has 4 rings (SSSR count). The Morgan fingerprint density at radius 1 is 1.06 bits per heavy atom. The monoisotopic (exact) mass is 475 g/mol. The van der Waals surface area contributed by atoms with Crippen LogP contribution in [-0.2, 0) is 17.9 Å². The summed E-state index contributed by atoms with van der Waals surface area (Å²) < 4.78 is 2.98. The normalized spacial score (nSPS) is 14.3. The molecule has 1 aliphatic heterocycles. The molecular formula is C27H33N5O3. The van der Waals surface area contributed by atoms with Crippen LogP contribution in [0.3, 0.4) is 0 Å². The summed E-state index contributed by atoms with van der Waals surface area (Å²) >= 11 is 0. The van der Waals surface area contributed by atoms with Gasteiger partial charge >= 0.3 is 5.69 Å². The number of nitrogens with zero attached hydrogens (tertiary/aromatic N) is 4. The second kappa shape index (κ2) is 10.7. The number of carbonyl (C=O) groups excluding carboxylic acids is 1. The average molecular weight is 476 g/mol. The molecule has 1 aliphatic rings. The maximum absolute atomic E-state index is 13.5. The number of rotatable bonds is 7. The first kappa shape index (κ1) is 24.4. The van der Waals surface area contributed by atoms with Gasteiger partial charge in [-0.3, -0.25) is 23.7 Å². The molecular weight excluding hydrogens is 442 g/mol. The molecule has 0 radical (unpaired) electrons. The summed E-state index contributed by atoms with van der Waals surface area (Å²) in [6, 6.07) is 15.0. The van der Waals surface area contributed by atoms with Crippen LogP contribution in [0.5, 0.6) is 0 Å². The third kappa shape index (κ3) is 5.37. The quantitative estimate of drug-likeness (QED) is 0.568. The zero-order valence-electron chi connectivity index (χ0n) is 20.6. The van der Waals surface area contributed by atoms with Gasteiger partial charge in [0.2, 0.25) is 5.91 Å². The van der Waals surface area contributed by atoms with Gasteiger partial charge in [-0.2, -0.15) is 0 Å². The molecule has 1 aromatic carbocycles. The van der Waals surface area contributed by atoms with Crippen LogP contribution in [0.25, 0.3) is 5.69 Å². The molecule has 1 N–H and O–H groups in total. The number of benzene rings is 1. The molecule has 1 saturated heterocycles. The van der Waals surface area contributed by atoms with Crippen molar-refractivity contribution in [2.24, 2.45) is 11.8 Å². The molecule has 0 atom stereocenters. The molecule has 184 valence electrons. The SMILES string of the molecule is Cc1c(N2CCC(C(=O)NCc3ccccn3)CC2)c(=O)n(CC(C)C)c(=O)n1-c1ccccc1. The molecule has 0 bridgehead atoms. The fourth-order valence-corrected chi connectivity index (χ4v) is 4.70. The molecule has 3 heterocycles. The van der Waals surface area contributed by atoms with Crippen LogP contribution in [0.4, 0.5) is 5.69 Å². The molecule has 1 fully saturated rings. The van der Waals surface area contributed by atoms with Crippen molar-refractivity contribution < 1.29 is 4.79 Å². The van der Waals surface area contributed by atoms with E-state index in [1.807, 2.05) is 74.2 Å². The third-order valence-electron chi connectivity index (χ3n) is 6.46. The van der Waals surface area contributed by atoms with E-state index in [9.17, 15) is 14.4 Å². The lowest BCUT2D eigenvalue weighted by Gasteiger charge is -2.34. The molecule has 2 aromatic heterocycles. The Labute approximate surface area is 205 Å². The first-order valence-corrected chi connectivity index (χ1v) is 12.2. The summed E-state index contributed by atoms with van der Waals surface area (Å²) in [5.74, 6) is 0.0420. The van der Waals surface area contributed by atoms with Gasteiger partial charge in [-0.1, -0.05) is 38.1 Å². The maximum Gasteiger partial charge on any atom is 0.335 e. The Balaban J connectivity index is 1.57. The number of amides is 1. The number of hydrogen-bond donors (Lipinski definition) is 1. The molecule has 8 heteroatoms. The van der Waals surface area contributed by atoms with Crippen molar-refractivity contribution in [1.82, 2.24) is 19.4 Å². The van der Waals surface area contributed by atoms with Crippen molar-refractivity contribution >= 4 is 11.6 Å². The Hall–Kier alpha value is -3.68. The van der Waals surface area contributed by atoms with Gasteiger partial charge in [0.1, 0.15) is 5.69 Å². The van der Waals surface area contributed by atoms with Crippen molar-refractivity contribution in [1.29, 1.82) is 0 Å². The highest BCUT2D eigenvalue weighted by molar-refractivity contribution is 5.79. The number of piperidine rings is 1. The predicted molar refractivity (Wildman–Crippen MR) is 137 cm³/mol. The number of pyridine rings is 1. The average Bonchev–Trinajstić information content (AvgIpc) is 2.87. The molecule has 0 unspecified atom stereocenters. The van der Waals surface area contributed by atoms with Gasteiger partial charge in [-0.05, 0) is 49.9 Å². The van der Waals surface area contributed by atoms with Crippen molar-refractivity contribution in [2.45, 2.75) is 46.7 Å². The summed E-state index contributed by atoms with van der Waals surface area (Å²) in [6.45, 7) is 7.72. The van der Waals surface area contributed by atoms with Crippen LogP contribution in [0.2, 0.25) is 0 Å². The number of carbonyl (C=O) groups is 1. The van der Waals surface area contributed by atoms with Gasteiger partial charge in [-0.15, -0.1) is 0 Å². The first-order valence-electron chi connectivity index (χ1n) is 12.2. The predicted octanol–water partition coefficient (Wildman–Crippen LogP) is 2.89. The highest BCUT2D eigenvalue weighted by atomic mass is 16.2. The van der Waals surface area contributed by atoms with Gasteiger partial charge in [0, 0.05) is 31.7 Å². The van der Waals surface area contributed by atoms with Crippen LogP contribution in [-0.4, -0.2) is 33.1 Å². The zero-order valence-corrected chi connectivity index (χ0v) is 20.6.